The summed E-state index contributed by atoms with van der Waals surface area (Å²) < 4.78 is 4.99. The quantitative estimate of drug-likeness (QED) is 0.755. The number of hydrogen-bond acceptors (Lipinski definition) is 3. The van der Waals surface area contributed by atoms with Gasteiger partial charge in [-0.2, -0.15) is 0 Å². The lowest BCUT2D eigenvalue weighted by Crippen LogP contribution is -2.29. The van der Waals surface area contributed by atoms with Crippen molar-refractivity contribution in [3.8, 4) is 5.75 Å². The van der Waals surface area contributed by atoms with E-state index in [9.17, 15) is 0 Å². The van der Waals surface area contributed by atoms with E-state index in [0.717, 1.165) is 18.8 Å². The van der Waals surface area contributed by atoms with Crippen molar-refractivity contribution in [1.29, 1.82) is 0 Å². The normalized spacial score (nSPS) is 16.2. The molecule has 0 amide bonds. The van der Waals surface area contributed by atoms with E-state index in [4.69, 9.17) is 9.68 Å². The Morgan fingerprint density at radius 1 is 1.07 bits per heavy atom. The molecule has 0 spiro atoms. The Balaban J connectivity index is 2.02. The fourth-order valence-corrected chi connectivity index (χ4v) is 1.98. The van der Waals surface area contributed by atoms with Crippen LogP contribution in [0.15, 0.2) is 24.3 Å². The maximum atomic E-state index is 8.61. The first-order valence-electron chi connectivity index (χ1n) is 5.49. The Hall–Kier alpha value is -1.16. The molecule has 1 heterocycles. The van der Waals surface area contributed by atoms with Crippen LogP contribution in [-0.4, -0.2) is 25.8 Å². The summed E-state index contributed by atoms with van der Waals surface area (Å²) >= 11 is 0. The minimum atomic E-state index is -0.261. The maximum Gasteiger partial charge on any atom is 0.504 e. The van der Waals surface area contributed by atoms with Gasteiger partial charge in [-0.05, 0) is 43.5 Å². The van der Waals surface area contributed by atoms with E-state index in [2.05, 4.69) is 17.0 Å². The van der Waals surface area contributed by atoms with Crippen molar-refractivity contribution >= 4 is 13.4 Å². The number of rotatable bonds is 3. The second kappa shape index (κ2) is 5.07. The highest BCUT2D eigenvalue weighted by Gasteiger charge is 2.10. The van der Waals surface area contributed by atoms with Gasteiger partial charge in [0.15, 0.2) is 0 Å². The van der Waals surface area contributed by atoms with Gasteiger partial charge in [0.1, 0.15) is 5.75 Å². The van der Waals surface area contributed by atoms with Crippen molar-refractivity contribution in [2.75, 3.05) is 18.0 Å². The zero-order chi connectivity index (χ0) is 10.5. The van der Waals surface area contributed by atoms with Crippen LogP contribution in [0.2, 0.25) is 0 Å². The summed E-state index contributed by atoms with van der Waals surface area (Å²) in [4.78, 5) is 2.40. The van der Waals surface area contributed by atoms with Gasteiger partial charge in [-0.15, -0.1) is 0 Å². The number of piperidine rings is 1. The molecule has 0 radical (unpaired) electrons. The van der Waals surface area contributed by atoms with E-state index in [1.165, 1.54) is 24.9 Å². The predicted molar refractivity (Wildman–Crippen MR) is 62.5 cm³/mol. The first-order valence-corrected chi connectivity index (χ1v) is 5.49. The second-order valence-corrected chi connectivity index (χ2v) is 3.82. The van der Waals surface area contributed by atoms with Crippen LogP contribution < -0.4 is 9.55 Å². The summed E-state index contributed by atoms with van der Waals surface area (Å²) in [6, 6.07) is 7.91. The average Bonchev–Trinajstić information content (AvgIpc) is 2.32. The van der Waals surface area contributed by atoms with E-state index >= 15 is 0 Å². The van der Waals surface area contributed by atoms with Gasteiger partial charge in [-0.25, -0.2) is 0 Å². The first-order chi connectivity index (χ1) is 7.40. The van der Waals surface area contributed by atoms with E-state index in [0.29, 0.717) is 0 Å². The maximum absolute atomic E-state index is 8.61. The average molecular weight is 205 g/mol. The Morgan fingerprint density at radius 3 is 2.33 bits per heavy atom. The molecule has 1 aliphatic rings. The molecule has 1 aliphatic heterocycles. The molecule has 1 saturated heterocycles. The molecule has 1 aromatic rings. The van der Waals surface area contributed by atoms with Crippen LogP contribution >= 0.6 is 0 Å². The van der Waals surface area contributed by atoms with Crippen LogP contribution in [0.3, 0.4) is 0 Å². The van der Waals surface area contributed by atoms with Gasteiger partial charge in [0.05, 0.1) is 0 Å². The van der Waals surface area contributed by atoms with Crippen LogP contribution in [0.4, 0.5) is 5.69 Å². The zero-order valence-corrected chi connectivity index (χ0v) is 8.85. The fourth-order valence-electron chi connectivity index (χ4n) is 1.98. The molecule has 0 unspecified atom stereocenters. The molecule has 0 saturated carbocycles. The number of anilines is 1. The predicted octanol–water partition coefficient (Wildman–Crippen LogP) is 1.31. The first kappa shape index (κ1) is 10.4. The molecule has 4 heteroatoms. The van der Waals surface area contributed by atoms with Gasteiger partial charge in [0.25, 0.3) is 0 Å². The Kier molecular flexibility index (Phi) is 3.51. The molecular weight excluding hydrogens is 189 g/mol. The zero-order valence-electron chi connectivity index (χ0n) is 8.85. The van der Waals surface area contributed by atoms with Crippen molar-refractivity contribution in [2.45, 2.75) is 19.3 Å². The Morgan fingerprint density at radius 2 is 1.73 bits per heavy atom. The molecule has 80 valence electrons. The highest BCUT2D eigenvalue weighted by molar-refractivity contribution is 6.17. The summed E-state index contributed by atoms with van der Waals surface area (Å²) in [5, 5.41) is 8.61. The van der Waals surface area contributed by atoms with Crippen LogP contribution in [-0.2, 0) is 0 Å². The molecule has 15 heavy (non-hydrogen) atoms. The fraction of sp³-hybridized carbons (Fsp3) is 0.455. The molecule has 0 atom stereocenters. The topological polar surface area (TPSA) is 32.7 Å². The van der Waals surface area contributed by atoms with Crippen molar-refractivity contribution in [2.24, 2.45) is 0 Å². The van der Waals surface area contributed by atoms with Crippen molar-refractivity contribution < 1.29 is 9.68 Å². The number of hydrogen-bond donors (Lipinski definition) is 1. The summed E-state index contributed by atoms with van der Waals surface area (Å²) in [6.07, 6.45) is 3.92. The van der Waals surface area contributed by atoms with E-state index in [1.807, 2.05) is 12.1 Å². The molecule has 0 bridgehead atoms. The second-order valence-electron chi connectivity index (χ2n) is 3.82. The summed E-state index contributed by atoms with van der Waals surface area (Å²) in [7, 11) is -0.261. The highest BCUT2D eigenvalue weighted by atomic mass is 16.5. The Labute approximate surface area is 91.0 Å². The molecule has 1 fully saturated rings. The van der Waals surface area contributed by atoms with Crippen LogP contribution in [0.5, 0.6) is 5.75 Å². The largest absolute Gasteiger partial charge is 0.539 e. The smallest absolute Gasteiger partial charge is 0.504 e. The lowest BCUT2D eigenvalue weighted by atomic mass is 10.1. The molecule has 2 rings (SSSR count). The van der Waals surface area contributed by atoms with Gasteiger partial charge in [-0.3, -0.25) is 0 Å². The van der Waals surface area contributed by atoms with Crippen LogP contribution in [0.25, 0.3) is 0 Å². The van der Waals surface area contributed by atoms with Gasteiger partial charge in [0.2, 0.25) is 0 Å². The van der Waals surface area contributed by atoms with Crippen LogP contribution in [0, 0.1) is 0 Å². The third-order valence-corrected chi connectivity index (χ3v) is 2.79. The lowest BCUT2D eigenvalue weighted by Gasteiger charge is -2.28. The SMILES string of the molecule is OBOc1ccc(N2CCCCC2)cc1. The van der Waals surface area contributed by atoms with Gasteiger partial charge in [-0.1, -0.05) is 0 Å². The molecule has 1 N–H and O–H groups in total. The molecule has 0 aliphatic carbocycles. The minimum Gasteiger partial charge on any atom is -0.539 e. The number of benzene rings is 1. The molecule has 3 nitrogen and oxygen atoms in total. The Bertz CT molecular complexity index is 296. The van der Waals surface area contributed by atoms with Crippen molar-refractivity contribution in [3.63, 3.8) is 0 Å². The standard InChI is InChI=1S/C11H16BNO2/c14-12-15-11-6-4-10(5-7-11)13-8-2-1-3-9-13/h4-7,12,14H,1-3,8-9H2. The van der Waals surface area contributed by atoms with E-state index < -0.39 is 0 Å². The third-order valence-electron chi connectivity index (χ3n) is 2.79. The monoisotopic (exact) mass is 205 g/mol. The lowest BCUT2D eigenvalue weighted by molar-refractivity contribution is 0.454. The van der Waals surface area contributed by atoms with E-state index in [1.54, 1.807) is 0 Å². The van der Waals surface area contributed by atoms with Gasteiger partial charge >= 0.3 is 7.69 Å². The van der Waals surface area contributed by atoms with Gasteiger partial charge < -0.3 is 14.6 Å². The molecule has 1 aromatic carbocycles. The van der Waals surface area contributed by atoms with Crippen molar-refractivity contribution in [3.05, 3.63) is 24.3 Å². The molecular formula is C11H16BNO2. The van der Waals surface area contributed by atoms with Crippen LogP contribution in [0.1, 0.15) is 19.3 Å². The number of nitrogens with zero attached hydrogens (tertiary/aromatic N) is 1. The molecule has 0 aromatic heterocycles. The summed E-state index contributed by atoms with van der Waals surface area (Å²) in [5.41, 5.74) is 1.25. The summed E-state index contributed by atoms with van der Waals surface area (Å²) in [5.74, 6) is 0.721. The highest BCUT2D eigenvalue weighted by Crippen LogP contribution is 2.22. The van der Waals surface area contributed by atoms with Gasteiger partial charge in [0, 0.05) is 18.8 Å². The van der Waals surface area contributed by atoms with E-state index in [-0.39, 0.29) is 7.69 Å². The van der Waals surface area contributed by atoms with Crippen molar-refractivity contribution in [1.82, 2.24) is 0 Å². The minimum absolute atomic E-state index is 0.261. The third kappa shape index (κ3) is 2.66. The summed E-state index contributed by atoms with van der Waals surface area (Å²) in [6.45, 7) is 2.31.